The fourth-order valence-corrected chi connectivity index (χ4v) is 3.88. The molecule has 0 aromatic heterocycles. The summed E-state index contributed by atoms with van der Waals surface area (Å²) in [6.07, 6.45) is 3.89. The molecular formula is C22H22N2O4. The molecular weight excluding hydrogens is 356 g/mol. The van der Waals surface area contributed by atoms with Crippen molar-refractivity contribution in [1.29, 1.82) is 5.26 Å². The summed E-state index contributed by atoms with van der Waals surface area (Å²) in [5.41, 5.74) is 1.20. The molecule has 1 aliphatic heterocycles. The van der Waals surface area contributed by atoms with Crippen LogP contribution < -0.4 is 19.5 Å². The lowest BCUT2D eigenvalue weighted by atomic mass is 9.87. The van der Waals surface area contributed by atoms with Gasteiger partial charge in [-0.2, -0.15) is 5.26 Å². The van der Waals surface area contributed by atoms with Crippen LogP contribution in [0.4, 0.5) is 0 Å². The molecule has 1 N–H and O–H groups in total. The zero-order valence-electron chi connectivity index (χ0n) is 15.6. The van der Waals surface area contributed by atoms with Gasteiger partial charge < -0.3 is 19.5 Å². The van der Waals surface area contributed by atoms with Gasteiger partial charge in [-0.05, 0) is 54.8 Å². The normalized spacial score (nSPS) is 16.8. The molecule has 1 saturated carbocycles. The number of ether oxygens (including phenoxy) is 3. The Morgan fingerprint density at radius 2 is 1.79 bits per heavy atom. The predicted octanol–water partition coefficient (Wildman–Crippen LogP) is 3.29. The van der Waals surface area contributed by atoms with E-state index in [1.165, 1.54) is 0 Å². The summed E-state index contributed by atoms with van der Waals surface area (Å²) < 4.78 is 16.9. The molecule has 6 nitrogen and oxygen atoms in total. The molecule has 2 aromatic carbocycles. The number of nitriles is 1. The summed E-state index contributed by atoms with van der Waals surface area (Å²) in [5, 5.41) is 12.0. The van der Waals surface area contributed by atoms with E-state index in [9.17, 15) is 4.79 Å². The van der Waals surface area contributed by atoms with Crippen LogP contribution in [0.3, 0.4) is 0 Å². The molecule has 1 heterocycles. The minimum absolute atomic E-state index is 0.0712. The van der Waals surface area contributed by atoms with Crippen LogP contribution in [0.25, 0.3) is 0 Å². The molecule has 4 rings (SSSR count). The number of fused-ring (bicyclic) bond motifs is 1. The summed E-state index contributed by atoms with van der Waals surface area (Å²) in [6.45, 7) is 1.02. The highest BCUT2D eigenvalue weighted by atomic mass is 16.6. The smallest absolute Gasteiger partial charge is 0.258 e. The van der Waals surface area contributed by atoms with E-state index < -0.39 is 5.54 Å². The second kappa shape index (κ2) is 7.81. The van der Waals surface area contributed by atoms with Gasteiger partial charge in [-0.1, -0.05) is 18.9 Å². The van der Waals surface area contributed by atoms with Crippen LogP contribution in [0.1, 0.15) is 36.8 Å². The van der Waals surface area contributed by atoms with E-state index >= 15 is 0 Å². The van der Waals surface area contributed by atoms with Gasteiger partial charge in [0, 0.05) is 0 Å². The van der Waals surface area contributed by atoms with Crippen molar-refractivity contribution in [3.8, 4) is 23.3 Å². The summed E-state index contributed by atoms with van der Waals surface area (Å²) >= 11 is 0. The van der Waals surface area contributed by atoms with Gasteiger partial charge in [-0.3, -0.25) is 4.79 Å². The maximum absolute atomic E-state index is 12.6. The zero-order valence-corrected chi connectivity index (χ0v) is 15.6. The third kappa shape index (κ3) is 3.74. The number of hydrogen-bond acceptors (Lipinski definition) is 5. The van der Waals surface area contributed by atoms with Gasteiger partial charge in [0.1, 0.15) is 19.0 Å². The zero-order chi connectivity index (χ0) is 19.4. The summed E-state index contributed by atoms with van der Waals surface area (Å²) in [4.78, 5) is 12.6. The molecule has 0 saturated heterocycles. The highest BCUT2D eigenvalue weighted by Gasteiger charge is 2.38. The first-order valence-corrected chi connectivity index (χ1v) is 9.53. The molecule has 0 unspecified atom stereocenters. The van der Waals surface area contributed by atoms with Crippen LogP contribution >= 0.6 is 0 Å². The molecule has 1 aliphatic carbocycles. The highest BCUT2D eigenvalue weighted by molar-refractivity contribution is 5.78. The van der Waals surface area contributed by atoms with E-state index in [0.29, 0.717) is 24.5 Å². The Bertz CT molecular complexity index is 896. The molecule has 0 radical (unpaired) electrons. The molecule has 2 aromatic rings. The van der Waals surface area contributed by atoms with Crippen molar-refractivity contribution in [2.45, 2.75) is 31.2 Å². The molecule has 144 valence electrons. The third-order valence-electron chi connectivity index (χ3n) is 5.28. The number of nitrogens with one attached hydrogen (secondary N) is 1. The number of carbonyl (C=O) groups is 1. The number of amides is 1. The van der Waals surface area contributed by atoms with Crippen LogP contribution in [0.5, 0.6) is 17.2 Å². The van der Waals surface area contributed by atoms with Crippen LogP contribution in [-0.4, -0.2) is 25.7 Å². The van der Waals surface area contributed by atoms with Gasteiger partial charge in [-0.25, -0.2) is 0 Å². The van der Waals surface area contributed by atoms with E-state index in [4.69, 9.17) is 19.5 Å². The van der Waals surface area contributed by atoms with Gasteiger partial charge in [0.2, 0.25) is 0 Å². The third-order valence-corrected chi connectivity index (χ3v) is 5.28. The molecule has 0 bridgehead atoms. The number of carbonyl (C=O) groups excluding carboxylic acids is 1. The molecule has 1 amide bonds. The summed E-state index contributed by atoms with van der Waals surface area (Å²) in [5.74, 6) is 1.88. The second-order valence-corrected chi connectivity index (χ2v) is 7.12. The van der Waals surface area contributed by atoms with Crippen LogP contribution in [0, 0.1) is 11.3 Å². The fraction of sp³-hybridized carbons (Fsp3) is 0.364. The van der Waals surface area contributed by atoms with Gasteiger partial charge in [0.05, 0.1) is 17.2 Å². The average molecular weight is 378 g/mol. The molecule has 6 heteroatoms. The first-order valence-electron chi connectivity index (χ1n) is 9.53. The summed E-state index contributed by atoms with van der Waals surface area (Å²) in [7, 11) is 0. The number of hydrogen-bond donors (Lipinski definition) is 1. The largest absolute Gasteiger partial charge is 0.486 e. The van der Waals surface area contributed by atoms with Crippen molar-refractivity contribution < 1.29 is 19.0 Å². The van der Waals surface area contributed by atoms with Crippen molar-refractivity contribution in [2.24, 2.45) is 0 Å². The van der Waals surface area contributed by atoms with Crippen LogP contribution in [0.2, 0.25) is 0 Å². The standard InChI is InChI=1S/C22H22N2O4/c23-14-16-3-6-18(7-4-16)28-15-21(25)24-22(9-1-2-10-22)17-5-8-19-20(13-17)27-12-11-26-19/h3-8,13H,1-2,9-12,15H2,(H,24,25). The summed E-state index contributed by atoms with van der Waals surface area (Å²) in [6, 6.07) is 14.7. The molecule has 0 atom stereocenters. The van der Waals surface area contributed by atoms with E-state index in [1.54, 1.807) is 24.3 Å². The number of nitrogens with zero attached hydrogens (tertiary/aromatic N) is 1. The topological polar surface area (TPSA) is 80.6 Å². The minimum atomic E-state index is -0.402. The monoisotopic (exact) mass is 378 g/mol. The lowest BCUT2D eigenvalue weighted by molar-refractivity contribution is -0.125. The lowest BCUT2D eigenvalue weighted by Crippen LogP contribution is -2.45. The molecule has 1 fully saturated rings. The maximum atomic E-state index is 12.6. The Kier molecular flexibility index (Phi) is 5.07. The van der Waals surface area contributed by atoms with E-state index in [2.05, 4.69) is 11.4 Å². The Labute approximate surface area is 164 Å². The molecule has 28 heavy (non-hydrogen) atoms. The average Bonchev–Trinajstić information content (AvgIpc) is 3.22. The van der Waals surface area contributed by atoms with Crippen molar-refractivity contribution in [3.63, 3.8) is 0 Å². The van der Waals surface area contributed by atoms with Crippen molar-refractivity contribution in [1.82, 2.24) is 5.32 Å². The van der Waals surface area contributed by atoms with Gasteiger partial charge in [0.25, 0.3) is 5.91 Å². The Morgan fingerprint density at radius 3 is 2.50 bits per heavy atom. The highest BCUT2D eigenvalue weighted by Crippen LogP contribution is 2.42. The van der Waals surface area contributed by atoms with Crippen LogP contribution in [0.15, 0.2) is 42.5 Å². The van der Waals surface area contributed by atoms with Gasteiger partial charge in [-0.15, -0.1) is 0 Å². The number of benzene rings is 2. The lowest BCUT2D eigenvalue weighted by Gasteiger charge is -2.32. The van der Waals surface area contributed by atoms with E-state index in [-0.39, 0.29) is 12.5 Å². The van der Waals surface area contributed by atoms with Crippen molar-refractivity contribution >= 4 is 5.91 Å². The Balaban J connectivity index is 1.45. The predicted molar refractivity (Wildman–Crippen MR) is 102 cm³/mol. The molecule has 2 aliphatic rings. The van der Waals surface area contributed by atoms with Crippen LogP contribution in [-0.2, 0) is 10.3 Å². The van der Waals surface area contributed by atoms with Crippen molar-refractivity contribution in [3.05, 3.63) is 53.6 Å². The van der Waals surface area contributed by atoms with Crippen molar-refractivity contribution in [2.75, 3.05) is 19.8 Å². The van der Waals surface area contributed by atoms with E-state index in [1.807, 2.05) is 18.2 Å². The minimum Gasteiger partial charge on any atom is -0.486 e. The van der Waals surface area contributed by atoms with Gasteiger partial charge >= 0.3 is 0 Å². The van der Waals surface area contributed by atoms with Gasteiger partial charge in [0.15, 0.2) is 18.1 Å². The Morgan fingerprint density at radius 1 is 1.07 bits per heavy atom. The second-order valence-electron chi connectivity index (χ2n) is 7.12. The molecule has 0 spiro atoms. The first kappa shape index (κ1) is 18.2. The fourth-order valence-electron chi connectivity index (χ4n) is 3.88. The number of rotatable bonds is 5. The first-order chi connectivity index (χ1) is 13.7. The van der Waals surface area contributed by atoms with E-state index in [0.717, 1.165) is 42.7 Å². The quantitative estimate of drug-likeness (QED) is 0.863. The SMILES string of the molecule is N#Cc1ccc(OCC(=O)NC2(c3ccc4c(c3)OCCO4)CCCC2)cc1. The Hall–Kier alpha value is -3.20. The maximum Gasteiger partial charge on any atom is 0.258 e.